The van der Waals surface area contributed by atoms with E-state index >= 15 is 0 Å². The van der Waals surface area contributed by atoms with Crippen LogP contribution in [0.2, 0.25) is 0 Å². The summed E-state index contributed by atoms with van der Waals surface area (Å²) in [6.45, 7) is 4.63. The summed E-state index contributed by atoms with van der Waals surface area (Å²) in [7, 11) is 0. The summed E-state index contributed by atoms with van der Waals surface area (Å²) in [5.41, 5.74) is -3.02. The first-order chi connectivity index (χ1) is 8.63. The van der Waals surface area contributed by atoms with Crippen LogP contribution in [-0.2, 0) is 4.74 Å². The molecule has 0 amide bonds. The van der Waals surface area contributed by atoms with E-state index in [9.17, 15) is 23.7 Å². The van der Waals surface area contributed by atoms with Crippen molar-refractivity contribution in [2.24, 2.45) is 0 Å². The molecule has 0 aliphatic rings. The first kappa shape index (κ1) is 15.0. The number of benzene rings is 1. The Hall–Kier alpha value is -2.05. The minimum Gasteiger partial charge on any atom is -0.456 e. The Morgan fingerprint density at radius 2 is 1.95 bits per heavy atom. The lowest BCUT2D eigenvalue weighted by Crippen LogP contribution is -2.25. The molecule has 19 heavy (non-hydrogen) atoms. The summed E-state index contributed by atoms with van der Waals surface area (Å²) < 4.78 is 30.6. The van der Waals surface area contributed by atoms with Crippen molar-refractivity contribution in [3.63, 3.8) is 0 Å². The van der Waals surface area contributed by atoms with Crippen LogP contribution in [0.1, 0.15) is 43.1 Å². The number of rotatable bonds is 3. The second-order valence-electron chi connectivity index (χ2n) is 4.80. The zero-order chi connectivity index (χ0) is 14.8. The molecule has 0 saturated heterocycles. The highest BCUT2D eigenvalue weighted by molar-refractivity contribution is 5.96. The SMILES string of the molecule is CC(C)(C)OC(=O)c1c(C(F)F)cccc1[N+](=O)[O-]. The zero-order valence-corrected chi connectivity index (χ0v) is 10.6. The predicted molar refractivity (Wildman–Crippen MR) is 63.2 cm³/mol. The highest BCUT2D eigenvalue weighted by Crippen LogP contribution is 2.31. The van der Waals surface area contributed by atoms with Crippen molar-refractivity contribution < 1.29 is 23.2 Å². The number of nitrogens with zero attached hydrogens (tertiary/aromatic N) is 1. The number of nitro benzene ring substituents is 1. The van der Waals surface area contributed by atoms with Crippen LogP contribution in [0.15, 0.2) is 18.2 Å². The van der Waals surface area contributed by atoms with Crippen molar-refractivity contribution in [3.8, 4) is 0 Å². The first-order valence-electron chi connectivity index (χ1n) is 5.42. The van der Waals surface area contributed by atoms with Gasteiger partial charge >= 0.3 is 5.97 Å². The topological polar surface area (TPSA) is 69.4 Å². The largest absolute Gasteiger partial charge is 0.456 e. The van der Waals surface area contributed by atoms with E-state index in [4.69, 9.17) is 4.74 Å². The number of carbonyl (C=O) groups is 1. The molecule has 1 rings (SSSR count). The van der Waals surface area contributed by atoms with E-state index < -0.39 is 39.7 Å². The van der Waals surface area contributed by atoms with Crippen LogP contribution in [0, 0.1) is 10.1 Å². The number of halogens is 2. The van der Waals surface area contributed by atoms with E-state index in [-0.39, 0.29) is 0 Å². The van der Waals surface area contributed by atoms with E-state index in [1.54, 1.807) is 20.8 Å². The number of alkyl halides is 2. The van der Waals surface area contributed by atoms with Crippen molar-refractivity contribution in [2.75, 3.05) is 0 Å². The molecule has 1 aromatic carbocycles. The molecular formula is C12H13F2NO4. The van der Waals surface area contributed by atoms with Crippen molar-refractivity contribution in [2.45, 2.75) is 32.8 Å². The van der Waals surface area contributed by atoms with E-state index in [1.165, 1.54) is 0 Å². The summed E-state index contributed by atoms with van der Waals surface area (Å²) in [6.07, 6.45) is -3.00. The Bertz CT molecular complexity index is 509. The number of ether oxygens (including phenoxy) is 1. The van der Waals surface area contributed by atoms with Gasteiger partial charge in [0, 0.05) is 11.6 Å². The van der Waals surface area contributed by atoms with Crippen LogP contribution in [-0.4, -0.2) is 16.5 Å². The summed E-state index contributed by atoms with van der Waals surface area (Å²) in [6, 6.07) is 3.07. The molecule has 5 nitrogen and oxygen atoms in total. The highest BCUT2D eigenvalue weighted by Gasteiger charge is 2.31. The van der Waals surface area contributed by atoms with E-state index in [0.717, 1.165) is 18.2 Å². The molecule has 0 N–H and O–H groups in total. The molecular weight excluding hydrogens is 260 g/mol. The first-order valence-corrected chi connectivity index (χ1v) is 5.42. The molecule has 0 atom stereocenters. The summed E-state index contributed by atoms with van der Waals surface area (Å²) in [5, 5.41) is 10.8. The molecule has 0 radical (unpaired) electrons. The minimum absolute atomic E-state index is 0.688. The maximum atomic E-state index is 12.8. The molecule has 0 saturated carbocycles. The van der Waals surface area contributed by atoms with Crippen LogP contribution in [0.5, 0.6) is 0 Å². The van der Waals surface area contributed by atoms with E-state index in [1.807, 2.05) is 0 Å². The van der Waals surface area contributed by atoms with Gasteiger partial charge in [-0.05, 0) is 20.8 Å². The Labute approximate surface area is 108 Å². The Kier molecular flexibility index (Phi) is 4.18. The van der Waals surface area contributed by atoms with Gasteiger partial charge in [0.1, 0.15) is 11.2 Å². The van der Waals surface area contributed by atoms with Gasteiger partial charge < -0.3 is 4.74 Å². The smallest absolute Gasteiger partial charge is 0.346 e. The van der Waals surface area contributed by atoms with Gasteiger partial charge in [-0.2, -0.15) is 0 Å². The molecule has 0 heterocycles. The normalized spacial score (nSPS) is 11.5. The monoisotopic (exact) mass is 273 g/mol. The molecule has 0 bridgehead atoms. The maximum absolute atomic E-state index is 12.8. The Morgan fingerprint density at radius 1 is 1.37 bits per heavy atom. The van der Waals surface area contributed by atoms with Gasteiger partial charge in [0.2, 0.25) is 0 Å². The van der Waals surface area contributed by atoms with E-state index in [0.29, 0.717) is 0 Å². The summed E-state index contributed by atoms with van der Waals surface area (Å²) in [5.74, 6) is -1.13. The standard InChI is InChI=1S/C12H13F2NO4/c1-12(2,3)19-11(16)9-7(10(13)14)5-4-6-8(9)15(17)18/h4-6,10H,1-3H3. The number of esters is 1. The lowest BCUT2D eigenvalue weighted by Gasteiger charge is -2.20. The van der Waals surface area contributed by atoms with Gasteiger partial charge in [-0.15, -0.1) is 0 Å². The van der Waals surface area contributed by atoms with Crippen molar-refractivity contribution in [1.29, 1.82) is 0 Å². The van der Waals surface area contributed by atoms with Gasteiger partial charge in [-0.25, -0.2) is 13.6 Å². The number of hydrogen-bond donors (Lipinski definition) is 0. The van der Waals surface area contributed by atoms with Gasteiger partial charge in [0.05, 0.1) is 4.92 Å². The fourth-order valence-corrected chi connectivity index (χ4v) is 1.44. The minimum atomic E-state index is -3.00. The third-order valence-corrected chi connectivity index (χ3v) is 2.11. The number of hydrogen-bond acceptors (Lipinski definition) is 4. The lowest BCUT2D eigenvalue weighted by atomic mass is 10.1. The van der Waals surface area contributed by atoms with Crippen LogP contribution >= 0.6 is 0 Å². The second kappa shape index (κ2) is 5.29. The third-order valence-electron chi connectivity index (χ3n) is 2.11. The molecule has 0 spiro atoms. The molecule has 0 aliphatic heterocycles. The number of carbonyl (C=O) groups excluding carboxylic acids is 1. The molecule has 1 aromatic rings. The highest BCUT2D eigenvalue weighted by atomic mass is 19.3. The van der Waals surface area contributed by atoms with Crippen molar-refractivity contribution in [1.82, 2.24) is 0 Å². The van der Waals surface area contributed by atoms with Gasteiger partial charge in [0.25, 0.3) is 12.1 Å². The molecule has 0 aliphatic carbocycles. The quantitative estimate of drug-likeness (QED) is 0.480. The van der Waals surface area contributed by atoms with Gasteiger partial charge in [-0.1, -0.05) is 12.1 Å². The van der Waals surface area contributed by atoms with Crippen LogP contribution in [0.4, 0.5) is 14.5 Å². The van der Waals surface area contributed by atoms with Crippen molar-refractivity contribution in [3.05, 3.63) is 39.4 Å². The van der Waals surface area contributed by atoms with E-state index in [2.05, 4.69) is 0 Å². The maximum Gasteiger partial charge on any atom is 0.346 e. The third kappa shape index (κ3) is 3.70. The second-order valence-corrected chi connectivity index (χ2v) is 4.80. The predicted octanol–water partition coefficient (Wildman–Crippen LogP) is 3.49. The fourth-order valence-electron chi connectivity index (χ4n) is 1.44. The molecule has 0 unspecified atom stereocenters. The fraction of sp³-hybridized carbons (Fsp3) is 0.417. The lowest BCUT2D eigenvalue weighted by molar-refractivity contribution is -0.385. The Balaban J connectivity index is 3.37. The average Bonchev–Trinajstić information content (AvgIpc) is 2.25. The van der Waals surface area contributed by atoms with Gasteiger partial charge in [0.15, 0.2) is 0 Å². The Morgan fingerprint density at radius 3 is 2.37 bits per heavy atom. The van der Waals surface area contributed by atoms with Crippen LogP contribution in [0.25, 0.3) is 0 Å². The summed E-state index contributed by atoms with van der Waals surface area (Å²) in [4.78, 5) is 21.8. The van der Waals surface area contributed by atoms with Crippen LogP contribution < -0.4 is 0 Å². The number of nitro groups is 1. The van der Waals surface area contributed by atoms with Crippen LogP contribution in [0.3, 0.4) is 0 Å². The molecule has 0 fully saturated rings. The van der Waals surface area contributed by atoms with Gasteiger partial charge in [-0.3, -0.25) is 10.1 Å². The average molecular weight is 273 g/mol. The molecule has 104 valence electrons. The summed E-state index contributed by atoms with van der Waals surface area (Å²) >= 11 is 0. The zero-order valence-electron chi connectivity index (χ0n) is 10.6. The molecule has 0 aromatic heterocycles. The molecule has 7 heteroatoms. The van der Waals surface area contributed by atoms with Crippen molar-refractivity contribution >= 4 is 11.7 Å².